The predicted octanol–water partition coefficient (Wildman–Crippen LogP) is 0.666. The van der Waals surface area contributed by atoms with Crippen molar-refractivity contribution in [3.63, 3.8) is 0 Å². The number of hydrogen-bond acceptors (Lipinski definition) is 5. The number of carbonyl (C=O) groups is 2. The minimum Gasteiger partial charge on any atom is -0.323 e. The molecule has 0 fully saturated rings. The van der Waals surface area contributed by atoms with Crippen molar-refractivity contribution in [3.05, 3.63) is 21.4 Å². The second kappa shape index (κ2) is 3.77. The van der Waals surface area contributed by atoms with Crippen LogP contribution in [0.5, 0.6) is 0 Å². The SMILES string of the molecule is N/N=C/c1cc(C=O)sc1C=O. The number of carbonyl (C=O) groups excluding carboxylic acids is 2. The molecule has 4 nitrogen and oxygen atoms in total. The fourth-order valence-corrected chi connectivity index (χ4v) is 1.54. The summed E-state index contributed by atoms with van der Waals surface area (Å²) in [4.78, 5) is 21.7. The molecule has 0 bridgehead atoms. The van der Waals surface area contributed by atoms with Gasteiger partial charge in [0.25, 0.3) is 0 Å². The average molecular weight is 182 g/mol. The van der Waals surface area contributed by atoms with Gasteiger partial charge < -0.3 is 5.84 Å². The number of thiophene rings is 1. The minimum absolute atomic E-state index is 0.464. The van der Waals surface area contributed by atoms with Crippen molar-refractivity contribution in [2.45, 2.75) is 0 Å². The van der Waals surface area contributed by atoms with E-state index in [-0.39, 0.29) is 0 Å². The van der Waals surface area contributed by atoms with E-state index in [1.807, 2.05) is 0 Å². The number of nitrogens with two attached hydrogens (primary N) is 1. The van der Waals surface area contributed by atoms with Crippen LogP contribution in [0.25, 0.3) is 0 Å². The summed E-state index contributed by atoms with van der Waals surface area (Å²) >= 11 is 1.12. The molecule has 2 N–H and O–H groups in total. The number of hydrogen-bond donors (Lipinski definition) is 1. The van der Waals surface area contributed by atoms with E-state index in [1.54, 1.807) is 6.07 Å². The summed E-state index contributed by atoms with van der Waals surface area (Å²) in [6, 6.07) is 1.57. The Labute approximate surface area is 72.7 Å². The molecule has 0 aliphatic rings. The highest BCUT2D eigenvalue weighted by Crippen LogP contribution is 2.17. The van der Waals surface area contributed by atoms with Crippen LogP contribution in [0.15, 0.2) is 11.2 Å². The van der Waals surface area contributed by atoms with Crippen LogP contribution in [0.2, 0.25) is 0 Å². The van der Waals surface area contributed by atoms with Crippen LogP contribution >= 0.6 is 11.3 Å². The average Bonchev–Trinajstić information content (AvgIpc) is 2.48. The zero-order valence-corrected chi connectivity index (χ0v) is 6.88. The van der Waals surface area contributed by atoms with E-state index in [4.69, 9.17) is 5.84 Å². The molecule has 0 radical (unpaired) electrons. The third-order valence-corrected chi connectivity index (χ3v) is 2.25. The molecule has 0 saturated carbocycles. The van der Waals surface area contributed by atoms with E-state index >= 15 is 0 Å². The van der Waals surface area contributed by atoms with Gasteiger partial charge in [0.2, 0.25) is 0 Å². The van der Waals surface area contributed by atoms with E-state index in [2.05, 4.69) is 5.10 Å². The van der Waals surface area contributed by atoms with Crippen molar-refractivity contribution in [1.82, 2.24) is 0 Å². The normalized spacial score (nSPS) is 10.3. The Kier molecular flexibility index (Phi) is 2.71. The lowest BCUT2D eigenvalue weighted by atomic mass is 10.3. The van der Waals surface area contributed by atoms with Crippen LogP contribution in [0, 0.1) is 0 Å². The Hall–Kier alpha value is -1.49. The number of aldehydes is 2. The highest BCUT2D eigenvalue weighted by atomic mass is 32.1. The molecule has 0 spiro atoms. The van der Waals surface area contributed by atoms with Crippen molar-refractivity contribution in [1.29, 1.82) is 0 Å². The molecule has 0 atom stereocenters. The van der Waals surface area contributed by atoms with Gasteiger partial charge in [0.05, 0.1) is 16.0 Å². The van der Waals surface area contributed by atoms with Gasteiger partial charge in [0, 0.05) is 5.56 Å². The minimum atomic E-state index is 0.464. The number of rotatable bonds is 3. The molecule has 1 aromatic rings. The molecule has 0 aromatic carbocycles. The zero-order chi connectivity index (χ0) is 8.97. The van der Waals surface area contributed by atoms with Crippen LogP contribution in [-0.2, 0) is 0 Å². The summed E-state index contributed by atoms with van der Waals surface area (Å²) in [6.45, 7) is 0. The van der Waals surface area contributed by atoms with Gasteiger partial charge in [-0.2, -0.15) is 5.10 Å². The molecule has 62 valence electrons. The topological polar surface area (TPSA) is 72.5 Å². The molecule has 1 aromatic heterocycles. The quantitative estimate of drug-likeness (QED) is 0.323. The number of nitrogens with zero attached hydrogens (tertiary/aromatic N) is 1. The molecule has 1 rings (SSSR count). The van der Waals surface area contributed by atoms with Gasteiger partial charge in [-0.1, -0.05) is 0 Å². The maximum atomic E-state index is 10.4. The zero-order valence-electron chi connectivity index (χ0n) is 6.06. The lowest BCUT2D eigenvalue weighted by Gasteiger charge is -1.82. The fraction of sp³-hybridized carbons (Fsp3) is 0. The highest BCUT2D eigenvalue weighted by molar-refractivity contribution is 7.15. The van der Waals surface area contributed by atoms with Crippen molar-refractivity contribution < 1.29 is 9.59 Å². The lowest BCUT2D eigenvalue weighted by molar-refractivity contribution is 0.112. The van der Waals surface area contributed by atoms with E-state index in [0.29, 0.717) is 27.9 Å². The first-order valence-electron chi connectivity index (χ1n) is 3.09. The first-order chi connectivity index (χ1) is 5.81. The first-order valence-corrected chi connectivity index (χ1v) is 3.91. The summed E-state index contributed by atoms with van der Waals surface area (Å²) in [7, 11) is 0. The van der Waals surface area contributed by atoms with Gasteiger partial charge in [0.15, 0.2) is 12.6 Å². The number of hydrazone groups is 1. The Morgan fingerprint density at radius 3 is 2.67 bits per heavy atom. The summed E-state index contributed by atoms with van der Waals surface area (Å²) in [5.41, 5.74) is 0.583. The van der Waals surface area contributed by atoms with Gasteiger partial charge in [-0.15, -0.1) is 11.3 Å². The van der Waals surface area contributed by atoms with Crippen LogP contribution < -0.4 is 5.84 Å². The smallest absolute Gasteiger partial charge is 0.160 e. The first kappa shape index (κ1) is 8.61. The Balaban J connectivity index is 3.15. The summed E-state index contributed by atoms with van der Waals surface area (Å²) in [6.07, 6.45) is 2.70. The predicted molar refractivity (Wildman–Crippen MR) is 46.9 cm³/mol. The maximum Gasteiger partial charge on any atom is 0.160 e. The van der Waals surface area contributed by atoms with Crippen LogP contribution in [-0.4, -0.2) is 18.8 Å². The van der Waals surface area contributed by atoms with Crippen molar-refractivity contribution in [2.24, 2.45) is 10.9 Å². The van der Waals surface area contributed by atoms with Gasteiger partial charge in [-0.05, 0) is 6.07 Å². The molecular formula is C7H6N2O2S. The summed E-state index contributed by atoms with van der Waals surface area (Å²) < 4.78 is 0. The van der Waals surface area contributed by atoms with Crippen molar-refractivity contribution in [3.8, 4) is 0 Å². The molecule has 5 heteroatoms. The van der Waals surface area contributed by atoms with Crippen LogP contribution in [0.3, 0.4) is 0 Å². The van der Waals surface area contributed by atoms with Gasteiger partial charge in [-0.3, -0.25) is 9.59 Å². The second-order valence-electron chi connectivity index (χ2n) is 1.98. The second-order valence-corrected chi connectivity index (χ2v) is 3.10. The molecule has 0 saturated heterocycles. The Bertz CT molecular complexity index is 330. The van der Waals surface area contributed by atoms with E-state index in [0.717, 1.165) is 11.3 Å². The van der Waals surface area contributed by atoms with Gasteiger partial charge in [-0.25, -0.2) is 0 Å². The molecule has 0 unspecified atom stereocenters. The third kappa shape index (κ3) is 1.57. The summed E-state index contributed by atoms with van der Waals surface area (Å²) in [5.74, 6) is 4.90. The maximum absolute atomic E-state index is 10.4. The Morgan fingerprint density at radius 1 is 1.42 bits per heavy atom. The van der Waals surface area contributed by atoms with Crippen LogP contribution in [0.4, 0.5) is 0 Å². The standard InChI is InChI=1S/C7H6N2O2S/c8-9-2-5-1-6(3-10)12-7(5)4-11/h1-4H,8H2/b9-2+. The monoisotopic (exact) mass is 182 g/mol. The highest BCUT2D eigenvalue weighted by Gasteiger charge is 2.04. The Morgan fingerprint density at radius 2 is 2.17 bits per heavy atom. The largest absolute Gasteiger partial charge is 0.323 e. The van der Waals surface area contributed by atoms with Crippen molar-refractivity contribution in [2.75, 3.05) is 0 Å². The van der Waals surface area contributed by atoms with Gasteiger partial charge >= 0.3 is 0 Å². The van der Waals surface area contributed by atoms with E-state index < -0.39 is 0 Å². The third-order valence-electron chi connectivity index (χ3n) is 1.25. The van der Waals surface area contributed by atoms with Gasteiger partial charge in [0.1, 0.15) is 0 Å². The molecule has 0 aliphatic carbocycles. The van der Waals surface area contributed by atoms with E-state index in [9.17, 15) is 9.59 Å². The molecule has 0 aliphatic heterocycles. The molecule has 1 heterocycles. The van der Waals surface area contributed by atoms with Crippen molar-refractivity contribution >= 4 is 30.1 Å². The molecular weight excluding hydrogens is 176 g/mol. The molecule has 12 heavy (non-hydrogen) atoms. The lowest BCUT2D eigenvalue weighted by Crippen LogP contribution is -1.87. The molecule has 0 amide bonds. The van der Waals surface area contributed by atoms with E-state index in [1.165, 1.54) is 6.21 Å². The fourth-order valence-electron chi connectivity index (χ4n) is 0.771. The van der Waals surface area contributed by atoms with Crippen LogP contribution in [0.1, 0.15) is 24.9 Å². The summed E-state index contributed by atoms with van der Waals surface area (Å²) in [5, 5.41) is 3.27.